The molecular weight excluding hydrogens is 138 g/mol. The van der Waals surface area contributed by atoms with Crippen molar-refractivity contribution in [2.45, 2.75) is 33.2 Å². The summed E-state index contributed by atoms with van der Waals surface area (Å²) in [4.78, 5) is 13.6. The second kappa shape index (κ2) is 3.35. The van der Waals surface area contributed by atoms with Gasteiger partial charge in [0.05, 0.1) is 0 Å². The third-order valence-electron chi connectivity index (χ3n) is 2.58. The van der Waals surface area contributed by atoms with Crippen LogP contribution in [-0.2, 0) is 4.79 Å². The van der Waals surface area contributed by atoms with Crippen LogP contribution in [0.1, 0.15) is 27.2 Å². The van der Waals surface area contributed by atoms with Gasteiger partial charge in [0.25, 0.3) is 0 Å². The van der Waals surface area contributed by atoms with Crippen molar-refractivity contribution >= 4 is 5.78 Å². The predicted octanol–water partition coefficient (Wildman–Crippen LogP) is 1.31. The van der Waals surface area contributed by atoms with Crippen LogP contribution < -0.4 is 0 Å². The lowest BCUT2D eigenvalue weighted by Gasteiger charge is -2.34. The first kappa shape index (κ1) is 8.72. The van der Waals surface area contributed by atoms with Gasteiger partial charge in [-0.05, 0) is 13.5 Å². The van der Waals surface area contributed by atoms with Crippen LogP contribution in [0.25, 0.3) is 0 Å². The average molecular weight is 155 g/mol. The quantitative estimate of drug-likeness (QED) is 0.569. The van der Waals surface area contributed by atoms with E-state index in [1.165, 1.54) is 0 Å². The molecule has 1 heterocycles. The molecule has 2 unspecified atom stereocenters. The number of hydrogen-bond donors (Lipinski definition) is 0. The van der Waals surface area contributed by atoms with E-state index in [4.69, 9.17) is 0 Å². The Balaban J connectivity index is 2.54. The van der Waals surface area contributed by atoms with Crippen LogP contribution in [0.2, 0.25) is 0 Å². The molecule has 2 heteroatoms. The van der Waals surface area contributed by atoms with Gasteiger partial charge < -0.3 is 0 Å². The molecule has 1 saturated heterocycles. The zero-order valence-electron chi connectivity index (χ0n) is 7.63. The number of Topliss-reactive ketones (excluding diaryl/α,β-unsaturated/α-hetero) is 1. The zero-order chi connectivity index (χ0) is 8.43. The van der Waals surface area contributed by atoms with Crippen molar-refractivity contribution in [3.05, 3.63) is 0 Å². The van der Waals surface area contributed by atoms with Crippen molar-refractivity contribution in [3.8, 4) is 0 Å². The van der Waals surface area contributed by atoms with Gasteiger partial charge in [-0.25, -0.2) is 0 Å². The van der Waals surface area contributed by atoms with Crippen LogP contribution in [-0.4, -0.2) is 29.8 Å². The Hall–Kier alpha value is -0.370. The summed E-state index contributed by atoms with van der Waals surface area (Å²) in [6.07, 6.45) is 0.745. The van der Waals surface area contributed by atoms with E-state index in [9.17, 15) is 4.79 Å². The Kier molecular flexibility index (Phi) is 2.66. The zero-order valence-corrected chi connectivity index (χ0v) is 7.63. The Morgan fingerprint density at radius 3 is 2.73 bits per heavy atom. The van der Waals surface area contributed by atoms with Crippen LogP contribution in [0.4, 0.5) is 0 Å². The highest BCUT2D eigenvalue weighted by atomic mass is 16.1. The second-order valence-electron chi connectivity index (χ2n) is 3.51. The molecule has 0 aromatic carbocycles. The number of carbonyl (C=O) groups excluding carboxylic acids is 1. The Bertz CT molecular complexity index is 156. The normalized spacial score (nSPS) is 34.3. The van der Waals surface area contributed by atoms with Crippen molar-refractivity contribution in [3.63, 3.8) is 0 Å². The summed E-state index contributed by atoms with van der Waals surface area (Å²) >= 11 is 0. The van der Waals surface area contributed by atoms with E-state index < -0.39 is 0 Å². The van der Waals surface area contributed by atoms with E-state index in [2.05, 4.69) is 18.7 Å². The van der Waals surface area contributed by atoms with Gasteiger partial charge in [-0.3, -0.25) is 9.69 Å². The summed E-state index contributed by atoms with van der Waals surface area (Å²) in [5, 5.41) is 0. The van der Waals surface area contributed by atoms with Gasteiger partial charge in [-0.1, -0.05) is 13.8 Å². The molecule has 0 amide bonds. The highest BCUT2D eigenvalue weighted by Crippen LogP contribution is 2.17. The SMILES string of the molecule is CCN1CC(C)C(=O)CC1C. The number of ketones is 1. The summed E-state index contributed by atoms with van der Waals surface area (Å²) in [7, 11) is 0. The van der Waals surface area contributed by atoms with Crippen LogP contribution in [0, 0.1) is 5.92 Å². The van der Waals surface area contributed by atoms with Crippen LogP contribution in [0.3, 0.4) is 0 Å². The molecule has 64 valence electrons. The molecule has 1 fully saturated rings. The predicted molar refractivity (Wildman–Crippen MR) is 45.5 cm³/mol. The van der Waals surface area contributed by atoms with Crippen molar-refractivity contribution in [2.24, 2.45) is 5.92 Å². The van der Waals surface area contributed by atoms with Gasteiger partial charge in [0, 0.05) is 24.9 Å². The lowest BCUT2D eigenvalue weighted by Crippen LogP contribution is -2.45. The number of hydrogen-bond acceptors (Lipinski definition) is 2. The maximum Gasteiger partial charge on any atom is 0.138 e. The Labute approximate surface area is 68.6 Å². The number of rotatable bonds is 1. The highest BCUT2D eigenvalue weighted by Gasteiger charge is 2.27. The number of nitrogens with zero attached hydrogens (tertiary/aromatic N) is 1. The molecule has 11 heavy (non-hydrogen) atoms. The summed E-state index contributed by atoms with van der Waals surface area (Å²) in [6.45, 7) is 8.33. The summed E-state index contributed by atoms with van der Waals surface area (Å²) in [6, 6.07) is 0.462. The number of piperidine rings is 1. The molecule has 0 saturated carbocycles. The molecule has 2 atom stereocenters. The first-order valence-electron chi connectivity index (χ1n) is 4.42. The fourth-order valence-corrected chi connectivity index (χ4v) is 1.70. The topological polar surface area (TPSA) is 20.3 Å². The minimum Gasteiger partial charge on any atom is -0.300 e. The van der Waals surface area contributed by atoms with Gasteiger partial charge in [-0.15, -0.1) is 0 Å². The third kappa shape index (κ3) is 1.80. The molecule has 0 radical (unpaired) electrons. The summed E-state index contributed by atoms with van der Waals surface area (Å²) in [5.74, 6) is 0.688. The van der Waals surface area contributed by atoms with Crippen molar-refractivity contribution in [1.82, 2.24) is 4.90 Å². The van der Waals surface area contributed by atoms with E-state index in [0.29, 0.717) is 11.8 Å². The lowest BCUT2D eigenvalue weighted by molar-refractivity contribution is -0.127. The van der Waals surface area contributed by atoms with E-state index in [-0.39, 0.29) is 5.92 Å². The number of likely N-dealkylation sites (tertiary alicyclic amines) is 1. The van der Waals surface area contributed by atoms with E-state index in [0.717, 1.165) is 19.5 Å². The largest absolute Gasteiger partial charge is 0.300 e. The molecule has 0 aromatic heterocycles. The minimum atomic E-state index is 0.256. The van der Waals surface area contributed by atoms with E-state index in [1.807, 2.05) is 6.92 Å². The van der Waals surface area contributed by atoms with Gasteiger partial charge in [0.15, 0.2) is 0 Å². The van der Waals surface area contributed by atoms with Crippen molar-refractivity contribution in [2.75, 3.05) is 13.1 Å². The third-order valence-corrected chi connectivity index (χ3v) is 2.58. The maximum atomic E-state index is 11.2. The van der Waals surface area contributed by atoms with Gasteiger partial charge >= 0.3 is 0 Å². The molecule has 1 aliphatic rings. The van der Waals surface area contributed by atoms with Crippen LogP contribution in [0.15, 0.2) is 0 Å². The maximum absolute atomic E-state index is 11.2. The molecule has 1 rings (SSSR count). The monoisotopic (exact) mass is 155 g/mol. The first-order chi connectivity index (χ1) is 5.15. The lowest BCUT2D eigenvalue weighted by atomic mass is 9.94. The van der Waals surface area contributed by atoms with E-state index in [1.54, 1.807) is 0 Å². The minimum absolute atomic E-state index is 0.256. The first-order valence-corrected chi connectivity index (χ1v) is 4.42. The van der Waals surface area contributed by atoms with Crippen LogP contribution in [0.5, 0.6) is 0 Å². The fraction of sp³-hybridized carbons (Fsp3) is 0.889. The van der Waals surface area contributed by atoms with Gasteiger partial charge in [-0.2, -0.15) is 0 Å². The fourth-order valence-electron chi connectivity index (χ4n) is 1.70. The molecular formula is C9H17NO. The summed E-state index contributed by atoms with van der Waals surface area (Å²) in [5.41, 5.74) is 0. The molecule has 0 aromatic rings. The number of carbonyl (C=O) groups is 1. The molecule has 0 aliphatic carbocycles. The highest BCUT2D eigenvalue weighted by molar-refractivity contribution is 5.82. The molecule has 0 N–H and O–H groups in total. The molecule has 0 spiro atoms. The summed E-state index contributed by atoms with van der Waals surface area (Å²) < 4.78 is 0. The van der Waals surface area contributed by atoms with E-state index >= 15 is 0 Å². The van der Waals surface area contributed by atoms with Crippen molar-refractivity contribution < 1.29 is 4.79 Å². The van der Waals surface area contributed by atoms with Gasteiger partial charge in [0.2, 0.25) is 0 Å². The molecule has 1 aliphatic heterocycles. The molecule has 2 nitrogen and oxygen atoms in total. The Morgan fingerprint density at radius 1 is 1.55 bits per heavy atom. The molecule has 0 bridgehead atoms. The van der Waals surface area contributed by atoms with Gasteiger partial charge in [0.1, 0.15) is 5.78 Å². The average Bonchev–Trinajstić information content (AvgIpc) is 1.97. The Morgan fingerprint density at radius 2 is 2.18 bits per heavy atom. The standard InChI is InChI=1S/C9H17NO/c1-4-10-6-7(2)9(11)5-8(10)3/h7-8H,4-6H2,1-3H3. The van der Waals surface area contributed by atoms with Crippen molar-refractivity contribution in [1.29, 1.82) is 0 Å². The van der Waals surface area contributed by atoms with Crippen LogP contribution >= 0.6 is 0 Å². The smallest absolute Gasteiger partial charge is 0.138 e. The second-order valence-corrected chi connectivity index (χ2v) is 3.51.